The SMILES string of the molecule is CCC(CC)C(O)CNCC(N)C(=O)O. The summed E-state index contributed by atoms with van der Waals surface area (Å²) in [6.07, 6.45) is 1.41. The van der Waals surface area contributed by atoms with E-state index in [9.17, 15) is 9.90 Å². The van der Waals surface area contributed by atoms with Crippen molar-refractivity contribution in [3.05, 3.63) is 0 Å². The van der Waals surface area contributed by atoms with Crippen molar-refractivity contribution in [3.8, 4) is 0 Å². The van der Waals surface area contributed by atoms with Gasteiger partial charge in [-0.05, 0) is 5.92 Å². The molecule has 0 aromatic carbocycles. The van der Waals surface area contributed by atoms with E-state index in [4.69, 9.17) is 10.8 Å². The minimum Gasteiger partial charge on any atom is -0.480 e. The zero-order chi connectivity index (χ0) is 11.8. The lowest BCUT2D eigenvalue weighted by atomic mass is 9.96. The highest BCUT2D eigenvalue weighted by Crippen LogP contribution is 2.11. The third-order valence-corrected chi connectivity index (χ3v) is 2.63. The van der Waals surface area contributed by atoms with Gasteiger partial charge in [0.25, 0.3) is 0 Å². The number of hydrogen-bond donors (Lipinski definition) is 4. The van der Waals surface area contributed by atoms with Crippen molar-refractivity contribution in [1.82, 2.24) is 5.32 Å². The molecule has 0 aromatic rings. The average molecular weight is 218 g/mol. The van der Waals surface area contributed by atoms with Crippen LogP contribution in [-0.4, -0.2) is 41.4 Å². The predicted molar refractivity (Wildman–Crippen MR) is 58.6 cm³/mol. The van der Waals surface area contributed by atoms with E-state index in [0.29, 0.717) is 6.54 Å². The van der Waals surface area contributed by atoms with Gasteiger partial charge in [0.05, 0.1) is 6.10 Å². The lowest BCUT2D eigenvalue weighted by Gasteiger charge is -2.20. The zero-order valence-electron chi connectivity index (χ0n) is 9.44. The summed E-state index contributed by atoms with van der Waals surface area (Å²) >= 11 is 0. The van der Waals surface area contributed by atoms with E-state index in [1.165, 1.54) is 0 Å². The third-order valence-electron chi connectivity index (χ3n) is 2.63. The van der Waals surface area contributed by atoms with E-state index in [1.54, 1.807) is 0 Å². The molecule has 0 bridgehead atoms. The molecule has 0 aliphatic rings. The van der Waals surface area contributed by atoms with Crippen LogP contribution in [0.4, 0.5) is 0 Å². The maximum Gasteiger partial charge on any atom is 0.321 e. The first-order valence-corrected chi connectivity index (χ1v) is 5.40. The van der Waals surface area contributed by atoms with Crippen LogP contribution in [0.5, 0.6) is 0 Å². The number of nitrogens with two attached hydrogens (primary N) is 1. The molecule has 0 aliphatic carbocycles. The number of carbonyl (C=O) groups is 1. The first-order chi connectivity index (χ1) is 7.02. The van der Waals surface area contributed by atoms with Gasteiger partial charge in [0.15, 0.2) is 0 Å². The summed E-state index contributed by atoms with van der Waals surface area (Å²) in [7, 11) is 0. The number of aliphatic hydroxyl groups is 1. The molecular formula is C10H22N2O3. The van der Waals surface area contributed by atoms with E-state index >= 15 is 0 Å². The number of carboxylic acids is 1. The van der Waals surface area contributed by atoms with Gasteiger partial charge in [-0.25, -0.2) is 0 Å². The van der Waals surface area contributed by atoms with Crippen LogP contribution >= 0.6 is 0 Å². The van der Waals surface area contributed by atoms with Crippen LogP contribution in [0.25, 0.3) is 0 Å². The lowest BCUT2D eigenvalue weighted by molar-refractivity contribution is -0.138. The highest BCUT2D eigenvalue weighted by Gasteiger charge is 2.16. The summed E-state index contributed by atoms with van der Waals surface area (Å²) in [4.78, 5) is 10.4. The summed E-state index contributed by atoms with van der Waals surface area (Å²) in [5, 5.41) is 21.1. The van der Waals surface area contributed by atoms with Crippen molar-refractivity contribution in [2.45, 2.75) is 38.8 Å². The number of carboxylic acid groups (broad SMARTS) is 1. The molecule has 0 amide bonds. The quantitative estimate of drug-likeness (QED) is 0.452. The molecule has 5 nitrogen and oxygen atoms in total. The van der Waals surface area contributed by atoms with Gasteiger partial charge in [-0.3, -0.25) is 4.79 Å². The molecule has 5 N–H and O–H groups in total. The summed E-state index contributed by atoms with van der Waals surface area (Å²) in [6.45, 7) is 4.64. The molecule has 0 aromatic heterocycles. The maximum absolute atomic E-state index is 10.4. The van der Waals surface area contributed by atoms with E-state index in [2.05, 4.69) is 5.32 Å². The fourth-order valence-electron chi connectivity index (χ4n) is 1.47. The second kappa shape index (κ2) is 7.62. The first-order valence-electron chi connectivity index (χ1n) is 5.40. The molecule has 2 unspecified atom stereocenters. The Bertz CT molecular complexity index is 184. The molecule has 0 saturated carbocycles. The highest BCUT2D eigenvalue weighted by atomic mass is 16.4. The Kier molecular flexibility index (Phi) is 7.29. The van der Waals surface area contributed by atoms with Crippen LogP contribution in [0.3, 0.4) is 0 Å². The average Bonchev–Trinajstić information content (AvgIpc) is 2.19. The Morgan fingerprint density at radius 2 is 1.87 bits per heavy atom. The van der Waals surface area contributed by atoms with Crippen LogP contribution in [0.2, 0.25) is 0 Å². The molecule has 0 saturated heterocycles. The first kappa shape index (κ1) is 14.3. The molecule has 0 heterocycles. The number of rotatable bonds is 8. The number of aliphatic hydroxyl groups excluding tert-OH is 1. The molecule has 15 heavy (non-hydrogen) atoms. The summed E-state index contributed by atoms with van der Waals surface area (Å²) in [5.41, 5.74) is 5.30. The monoisotopic (exact) mass is 218 g/mol. The van der Waals surface area contributed by atoms with Crippen LogP contribution in [0.15, 0.2) is 0 Å². The van der Waals surface area contributed by atoms with Crippen molar-refractivity contribution in [3.63, 3.8) is 0 Å². The topological polar surface area (TPSA) is 95.6 Å². The van der Waals surface area contributed by atoms with Gasteiger partial charge in [0, 0.05) is 13.1 Å². The van der Waals surface area contributed by atoms with Crippen LogP contribution in [0, 0.1) is 5.92 Å². The van der Waals surface area contributed by atoms with E-state index in [-0.39, 0.29) is 12.5 Å². The molecule has 0 fully saturated rings. The maximum atomic E-state index is 10.4. The summed E-state index contributed by atoms with van der Waals surface area (Å²) in [5.74, 6) is -0.766. The van der Waals surface area contributed by atoms with Gasteiger partial charge < -0.3 is 21.3 Å². The third kappa shape index (κ3) is 5.71. The second-order valence-electron chi connectivity index (χ2n) is 3.75. The van der Waals surface area contributed by atoms with Crippen molar-refractivity contribution in [1.29, 1.82) is 0 Å². The van der Waals surface area contributed by atoms with Gasteiger partial charge in [0.1, 0.15) is 6.04 Å². The molecule has 0 rings (SSSR count). The highest BCUT2D eigenvalue weighted by molar-refractivity contribution is 5.73. The lowest BCUT2D eigenvalue weighted by Crippen LogP contribution is -2.43. The Morgan fingerprint density at radius 3 is 2.27 bits per heavy atom. The van der Waals surface area contributed by atoms with Crippen molar-refractivity contribution in [2.75, 3.05) is 13.1 Å². The van der Waals surface area contributed by atoms with E-state index in [0.717, 1.165) is 12.8 Å². The zero-order valence-corrected chi connectivity index (χ0v) is 9.44. The van der Waals surface area contributed by atoms with Gasteiger partial charge in [-0.2, -0.15) is 0 Å². The summed E-state index contributed by atoms with van der Waals surface area (Å²) in [6, 6.07) is -0.904. The Labute approximate surface area is 90.7 Å². The molecule has 0 aliphatic heterocycles. The number of nitrogens with one attached hydrogen (secondary N) is 1. The van der Waals surface area contributed by atoms with Crippen molar-refractivity contribution < 1.29 is 15.0 Å². The fourth-order valence-corrected chi connectivity index (χ4v) is 1.47. The number of hydrogen-bond acceptors (Lipinski definition) is 4. The van der Waals surface area contributed by atoms with Crippen LogP contribution < -0.4 is 11.1 Å². The summed E-state index contributed by atoms with van der Waals surface area (Å²) < 4.78 is 0. The van der Waals surface area contributed by atoms with Gasteiger partial charge >= 0.3 is 5.97 Å². The Balaban J connectivity index is 3.71. The fraction of sp³-hybridized carbons (Fsp3) is 0.900. The minimum absolute atomic E-state index is 0.187. The van der Waals surface area contributed by atoms with Gasteiger partial charge in [-0.1, -0.05) is 26.7 Å². The van der Waals surface area contributed by atoms with Crippen LogP contribution in [0.1, 0.15) is 26.7 Å². The second-order valence-corrected chi connectivity index (χ2v) is 3.75. The smallest absolute Gasteiger partial charge is 0.321 e. The minimum atomic E-state index is -1.03. The number of aliphatic carboxylic acids is 1. The Morgan fingerprint density at radius 1 is 1.33 bits per heavy atom. The van der Waals surface area contributed by atoms with Gasteiger partial charge in [0.2, 0.25) is 0 Å². The molecule has 5 heteroatoms. The van der Waals surface area contributed by atoms with Crippen molar-refractivity contribution in [2.24, 2.45) is 11.7 Å². The standard InChI is InChI=1S/C10H22N2O3/c1-3-7(4-2)9(13)6-12-5-8(11)10(14)15/h7-9,12-13H,3-6,11H2,1-2H3,(H,14,15). The predicted octanol–water partition coefficient (Wildman–Crippen LogP) is -0.215. The largest absolute Gasteiger partial charge is 0.480 e. The molecular weight excluding hydrogens is 196 g/mol. The van der Waals surface area contributed by atoms with Crippen LogP contribution in [-0.2, 0) is 4.79 Å². The molecule has 0 spiro atoms. The molecule has 90 valence electrons. The van der Waals surface area contributed by atoms with E-state index in [1.807, 2.05) is 13.8 Å². The van der Waals surface area contributed by atoms with E-state index < -0.39 is 18.1 Å². The molecule has 0 radical (unpaired) electrons. The van der Waals surface area contributed by atoms with Gasteiger partial charge in [-0.15, -0.1) is 0 Å². The molecule has 2 atom stereocenters. The normalized spacial score (nSPS) is 15.3. The Hall–Kier alpha value is -0.650. The van der Waals surface area contributed by atoms with Crippen molar-refractivity contribution >= 4 is 5.97 Å².